The second-order valence-electron chi connectivity index (χ2n) is 5.54. The summed E-state index contributed by atoms with van der Waals surface area (Å²) in [5, 5.41) is 3.46. The molecule has 17 heavy (non-hydrogen) atoms. The molecule has 0 aromatic rings. The molecule has 1 heterocycles. The molecule has 1 saturated carbocycles. The summed E-state index contributed by atoms with van der Waals surface area (Å²) in [6.45, 7) is 6.34. The van der Waals surface area contributed by atoms with Crippen molar-refractivity contribution in [1.29, 1.82) is 0 Å². The lowest BCUT2D eigenvalue weighted by molar-refractivity contribution is -0.138. The molecule has 0 radical (unpaired) electrons. The number of nitrogens with zero attached hydrogens (tertiary/aromatic N) is 1. The van der Waals surface area contributed by atoms with Crippen molar-refractivity contribution in [2.24, 2.45) is 5.92 Å². The molecule has 1 aliphatic carbocycles. The molecule has 2 atom stereocenters. The van der Waals surface area contributed by atoms with Crippen LogP contribution in [0, 0.1) is 5.92 Å². The lowest BCUT2D eigenvalue weighted by Gasteiger charge is -2.42. The van der Waals surface area contributed by atoms with Crippen LogP contribution in [0.25, 0.3) is 0 Å². The Labute approximate surface area is 104 Å². The number of ether oxygens (including phenoxy) is 1. The summed E-state index contributed by atoms with van der Waals surface area (Å²) in [6, 6.07) is 0.384. The smallest absolute Gasteiger partial charge is 0.241 e. The summed E-state index contributed by atoms with van der Waals surface area (Å²) >= 11 is 0. The van der Waals surface area contributed by atoms with E-state index in [9.17, 15) is 4.79 Å². The predicted molar refractivity (Wildman–Crippen MR) is 66.5 cm³/mol. The average Bonchev–Trinajstić information content (AvgIpc) is 2.55. The van der Waals surface area contributed by atoms with E-state index in [2.05, 4.69) is 31.0 Å². The van der Waals surface area contributed by atoms with Crippen LogP contribution in [-0.2, 0) is 9.53 Å². The zero-order valence-electron chi connectivity index (χ0n) is 11.3. The fraction of sp³-hybridized carbons (Fsp3) is 0.923. The van der Waals surface area contributed by atoms with E-state index in [-0.39, 0.29) is 18.1 Å². The number of amides is 1. The Bertz CT molecular complexity index is 287. The zero-order valence-corrected chi connectivity index (χ0v) is 11.3. The molecule has 0 aromatic carbocycles. The lowest BCUT2D eigenvalue weighted by Crippen LogP contribution is -2.52. The highest BCUT2D eigenvalue weighted by atomic mass is 16.5. The van der Waals surface area contributed by atoms with Gasteiger partial charge in [0.15, 0.2) is 0 Å². The van der Waals surface area contributed by atoms with Gasteiger partial charge in [-0.05, 0) is 25.2 Å². The van der Waals surface area contributed by atoms with E-state index in [1.54, 1.807) is 7.11 Å². The van der Waals surface area contributed by atoms with E-state index in [1.165, 1.54) is 0 Å². The van der Waals surface area contributed by atoms with Gasteiger partial charge in [0.2, 0.25) is 5.91 Å². The fourth-order valence-electron chi connectivity index (χ4n) is 2.86. The summed E-state index contributed by atoms with van der Waals surface area (Å²) in [5.41, 5.74) is 0. The topological polar surface area (TPSA) is 41.6 Å². The van der Waals surface area contributed by atoms with Gasteiger partial charge in [0.05, 0.1) is 18.3 Å². The Morgan fingerprint density at radius 1 is 1.47 bits per heavy atom. The summed E-state index contributed by atoms with van der Waals surface area (Å²) in [6.07, 6.45) is 3.53. The highest BCUT2D eigenvalue weighted by molar-refractivity contribution is 5.85. The standard InChI is InChI=1S/C13H24N2O2/c1-5-11-14-12(8(2)3)13(16)15(11)9-6-10(7-9)17-4/h8-12,14H,5-7H2,1-4H3. The van der Waals surface area contributed by atoms with Gasteiger partial charge >= 0.3 is 0 Å². The first-order valence-corrected chi connectivity index (χ1v) is 6.69. The van der Waals surface area contributed by atoms with Crippen LogP contribution in [0.2, 0.25) is 0 Å². The second-order valence-corrected chi connectivity index (χ2v) is 5.54. The van der Waals surface area contributed by atoms with Crippen molar-refractivity contribution in [2.75, 3.05) is 7.11 Å². The molecule has 2 unspecified atom stereocenters. The fourth-order valence-corrected chi connectivity index (χ4v) is 2.86. The molecular formula is C13H24N2O2. The molecule has 2 fully saturated rings. The quantitative estimate of drug-likeness (QED) is 0.806. The Kier molecular flexibility index (Phi) is 3.73. The first-order chi connectivity index (χ1) is 8.08. The van der Waals surface area contributed by atoms with Crippen LogP contribution in [0.1, 0.15) is 40.0 Å². The van der Waals surface area contributed by atoms with Gasteiger partial charge in [-0.1, -0.05) is 20.8 Å². The first-order valence-electron chi connectivity index (χ1n) is 6.69. The summed E-state index contributed by atoms with van der Waals surface area (Å²) in [7, 11) is 1.75. The van der Waals surface area contributed by atoms with E-state index >= 15 is 0 Å². The second kappa shape index (κ2) is 4.94. The molecule has 4 nitrogen and oxygen atoms in total. The molecule has 1 amide bonds. The number of carbonyl (C=O) groups excluding carboxylic acids is 1. The number of nitrogens with one attached hydrogen (secondary N) is 1. The van der Waals surface area contributed by atoms with Gasteiger partial charge in [-0.15, -0.1) is 0 Å². The van der Waals surface area contributed by atoms with Crippen molar-refractivity contribution in [1.82, 2.24) is 10.2 Å². The van der Waals surface area contributed by atoms with Gasteiger partial charge in [0.25, 0.3) is 0 Å². The number of hydrogen-bond donors (Lipinski definition) is 1. The average molecular weight is 240 g/mol. The van der Waals surface area contributed by atoms with Crippen LogP contribution in [0.5, 0.6) is 0 Å². The van der Waals surface area contributed by atoms with Crippen molar-refractivity contribution in [3.8, 4) is 0 Å². The van der Waals surface area contributed by atoms with E-state index in [4.69, 9.17) is 4.74 Å². The SMILES string of the molecule is CCC1NC(C(C)C)C(=O)N1C1CC(OC)C1. The molecule has 1 N–H and O–H groups in total. The lowest BCUT2D eigenvalue weighted by atomic mass is 9.87. The van der Waals surface area contributed by atoms with E-state index in [0.29, 0.717) is 18.1 Å². The van der Waals surface area contributed by atoms with Crippen LogP contribution >= 0.6 is 0 Å². The number of rotatable bonds is 4. The minimum absolute atomic E-state index is 0.00143. The molecule has 0 spiro atoms. The molecular weight excluding hydrogens is 216 g/mol. The van der Waals surface area contributed by atoms with Crippen LogP contribution < -0.4 is 5.32 Å². The Balaban J connectivity index is 2.02. The number of hydrogen-bond acceptors (Lipinski definition) is 3. The third-order valence-electron chi connectivity index (χ3n) is 4.08. The first kappa shape index (κ1) is 12.8. The van der Waals surface area contributed by atoms with Crippen molar-refractivity contribution in [3.05, 3.63) is 0 Å². The van der Waals surface area contributed by atoms with Crippen molar-refractivity contribution in [3.63, 3.8) is 0 Å². The maximum absolute atomic E-state index is 12.4. The Morgan fingerprint density at radius 3 is 2.59 bits per heavy atom. The maximum atomic E-state index is 12.4. The highest BCUT2D eigenvalue weighted by Gasteiger charge is 2.46. The minimum atomic E-state index is 0.00143. The third-order valence-corrected chi connectivity index (χ3v) is 4.08. The number of carbonyl (C=O) groups is 1. The van der Waals surface area contributed by atoms with Gasteiger partial charge in [-0.3, -0.25) is 10.1 Å². The highest BCUT2D eigenvalue weighted by Crippen LogP contribution is 2.33. The molecule has 1 aliphatic heterocycles. The summed E-state index contributed by atoms with van der Waals surface area (Å²) < 4.78 is 5.30. The van der Waals surface area contributed by atoms with Gasteiger partial charge in [-0.2, -0.15) is 0 Å². The van der Waals surface area contributed by atoms with Crippen molar-refractivity contribution in [2.45, 2.75) is 64.4 Å². The van der Waals surface area contributed by atoms with Crippen molar-refractivity contribution < 1.29 is 9.53 Å². The predicted octanol–water partition coefficient (Wildman–Crippen LogP) is 1.36. The molecule has 0 bridgehead atoms. The van der Waals surface area contributed by atoms with Gasteiger partial charge in [-0.25, -0.2) is 0 Å². The minimum Gasteiger partial charge on any atom is -0.381 e. The van der Waals surface area contributed by atoms with Crippen LogP contribution in [0.15, 0.2) is 0 Å². The van der Waals surface area contributed by atoms with Crippen LogP contribution in [0.3, 0.4) is 0 Å². The van der Waals surface area contributed by atoms with E-state index in [1.807, 2.05) is 0 Å². The monoisotopic (exact) mass is 240 g/mol. The normalized spacial score (nSPS) is 37.7. The van der Waals surface area contributed by atoms with E-state index in [0.717, 1.165) is 19.3 Å². The molecule has 98 valence electrons. The molecule has 1 saturated heterocycles. The molecule has 4 heteroatoms. The van der Waals surface area contributed by atoms with Gasteiger partial charge in [0, 0.05) is 13.2 Å². The zero-order chi connectivity index (χ0) is 12.6. The largest absolute Gasteiger partial charge is 0.381 e. The van der Waals surface area contributed by atoms with Crippen molar-refractivity contribution >= 4 is 5.91 Å². The van der Waals surface area contributed by atoms with Gasteiger partial charge in [0.1, 0.15) is 0 Å². The summed E-state index contributed by atoms with van der Waals surface area (Å²) in [5.74, 6) is 0.645. The Hall–Kier alpha value is -0.610. The van der Waals surface area contributed by atoms with E-state index < -0.39 is 0 Å². The molecule has 2 aliphatic rings. The molecule has 2 rings (SSSR count). The summed E-state index contributed by atoms with van der Waals surface area (Å²) in [4.78, 5) is 14.4. The maximum Gasteiger partial charge on any atom is 0.241 e. The third kappa shape index (κ3) is 2.20. The van der Waals surface area contributed by atoms with Crippen LogP contribution in [0.4, 0.5) is 0 Å². The Morgan fingerprint density at radius 2 is 2.12 bits per heavy atom. The van der Waals surface area contributed by atoms with Crippen LogP contribution in [-0.4, -0.2) is 42.3 Å². The molecule has 0 aromatic heterocycles. The number of methoxy groups -OCH3 is 1. The van der Waals surface area contributed by atoms with Gasteiger partial charge < -0.3 is 9.64 Å².